The molecular formula is C14H23NO2. The molecule has 0 saturated carbocycles. The molecule has 0 amide bonds. The van der Waals surface area contributed by atoms with Crippen LogP contribution >= 0.6 is 0 Å². The van der Waals surface area contributed by atoms with Crippen LogP contribution in [-0.2, 0) is 9.47 Å². The topological polar surface area (TPSA) is 30.8 Å². The maximum Gasteiger partial charge on any atom is 0.0790 e. The number of nitrogens with zero attached hydrogens (tertiary/aromatic N) is 1. The van der Waals surface area contributed by atoms with Gasteiger partial charge in [-0.2, -0.15) is 0 Å². The molecule has 1 rings (SSSR count). The van der Waals surface area contributed by atoms with Crippen LogP contribution in [0.5, 0.6) is 0 Å². The third-order valence-electron chi connectivity index (χ3n) is 2.75. The first-order valence-corrected chi connectivity index (χ1v) is 6.28. The Bertz CT molecular complexity index is 295. The van der Waals surface area contributed by atoms with E-state index in [1.807, 2.05) is 13.1 Å². The first kappa shape index (κ1) is 14.1. The first-order valence-electron chi connectivity index (χ1n) is 6.28. The molecule has 0 bridgehead atoms. The second-order valence-corrected chi connectivity index (χ2v) is 4.16. The van der Waals surface area contributed by atoms with E-state index in [9.17, 15) is 0 Å². The molecule has 17 heavy (non-hydrogen) atoms. The molecule has 0 N–H and O–H groups in total. The lowest BCUT2D eigenvalue weighted by molar-refractivity contribution is 0.0722. The van der Waals surface area contributed by atoms with Crippen molar-refractivity contribution in [3.63, 3.8) is 0 Å². The van der Waals surface area contributed by atoms with Crippen LogP contribution in [0.25, 0.3) is 0 Å². The SMILES string of the molecule is CCOC(C)CC/N=C/C1=CCC(OC)C=C1. The largest absolute Gasteiger partial charge is 0.379 e. The average Bonchev–Trinajstić information content (AvgIpc) is 2.36. The summed E-state index contributed by atoms with van der Waals surface area (Å²) < 4.78 is 10.7. The zero-order valence-corrected chi connectivity index (χ0v) is 11.1. The molecule has 2 atom stereocenters. The highest BCUT2D eigenvalue weighted by atomic mass is 16.5. The third-order valence-corrected chi connectivity index (χ3v) is 2.75. The lowest BCUT2D eigenvalue weighted by Crippen LogP contribution is -2.10. The zero-order chi connectivity index (χ0) is 12.5. The second kappa shape index (κ2) is 8.20. The van der Waals surface area contributed by atoms with Gasteiger partial charge in [0, 0.05) is 26.5 Å². The van der Waals surface area contributed by atoms with Gasteiger partial charge >= 0.3 is 0 Å². The standard InChI is InChI=1S/C14H23NO2/c1-4-17-12(2)9-10-15-11-13-5-7-14(16-3)8-6-13/h5-7,11-12,14H,4,8-10H2,1-3H3/b15-11+. The minimum Gasteiger partial charge on any atom is -0.379 e. The number of ether oxygens (including phenoxy) is 2. The maximum atomic E-state index is 5.44. The quantitative estimate of drug-likeness (QED) is 0.637. The molecule has 1 aliphatic rings. The van der Waals surface area contributed by atoms with Crippen LogP contribution in [0.2, 0.25) is 0 Å². The van der Waals surface area contributed by atoms with Gasteiger partial charge < -0.3 is 9.47 Å². The Morgan fingerprint density at radius 3 is 3.00 bits per heavy atom. The predicted molar refractivity (Wildman–Crippen MR) is 71.7 cm³/mol. The van der Waals surface area contributed by atoms with Gasteiger partial charge in [-0.05, 0) is 32.3 Å². The van der Waals surface area contributed by atoms with Crippen molar-refractivity contribution < 1.29 is 9.47 Å². The lowest BCUT2D eigenvalue weighted by Gasteiger charge is -2.12. The summed E-state index contributed by atoms with van der Waals surface area (Å²) in [4.78, 5) is 4.40. The molecule has 0 aromatic rings. The summed E-state index contributed by atoms with van der Waals surface area (Å²) in [5.74, 6) is 0. The molecule has 0 heterocycles. The van der Waals surface area contributed by atoms with E-state index in [0.717, 1.165) is 26.0 Å². The van der Waals surface area contributed by atoms with Crippen molar-refractivity contribution >= 4 is 6.21 Å². The van der Waals surface area contributed by atoms with E-state index in [1.165, 1.54) is 5.57 Å². The Morgan fingerprint density at radius 2 is 2.41 bits per heavy atom. The van der Waals surface area contributed by atoms with Crippen LogP contribution in [0.1, 0.15) is 26.7 Å². The Morgan fingerprint density at radius 1 is 1.59 bits per heavy atom. The molecule has 2 unspecified atom stereocenters. The molecule has 0 saturated heterocycles. The van der Waals surface area contributed by atoms with Crippen molar-refractivity contribution in [2.75, 3.05) is 20.3 Å². The van der Waals surface area contributed by atoms with Crippen LogP contribution in [0.15, 0.2) is 28.8 Å². The fourth-order valence-corrected chi connectivity index (χ4v) is 1.68. The molecule has 0 fully saturated rings. The van der Waals surface area contributed by atoms with Crippen LogP contribution in [0.3, 0.4) is 0 Å². The van der Waals surface area contributed by atoms with Crippen molar-refractivity contribution in [3.05, 3.63) is 23.8 Å². The van der Waals surface area contributed by atoms with Crippen LogP contribution < -0.4 is 0 Å². The fraction of sp³-hybridized carbons (Fsp3) is 0.643. The summed E-state index contributed by atoms with van der Waals surface area (Å²) in [6.45, 7) is 5.70. The van der Waals surface area contributed by atoms with Gasteiger partial charge in [0.15, 0.2) is 0 Å². The summed E-state index contributed by atoms with van der Waals surface area (Å²) in [6.07, 6.45) is 10.7. The van der Waals surface area contributed by atoms with E-state index in [-0.39, 0.29) is 6.10 Å². The zero-order valence-electron chi connectivity index (χ0n) is 11.1. The Labute approximate surface area is 104 Å². The summed E-state index contributed by atoms with van der Waals surface area (Å²) in [5.41, 5.74) is 1.17. The molecule has 0 spiro atoms. The van der Waals surface area contributed by atoms with Gasteiger partial charge in [0.05, 0.1) is 12.2 Å². The van der Waals surface area contributed by atoms with Crippen LogP contribution in [0.4, 0.5) is 0 Å². The average molecular weight is 237 g/mol. The molecule has 3 nitrogen and oxygen atoms in total. The number of allylic oxidation sites excluding steroid dienone is 2. The van der Waals surface area contributed by atoms with E-state index in [1.54, 1.807) is 7.11 Å². The van der Waals surface area contributed by atoms with Crippen LogP contribution in [-0.4, -0.2) is 38.7 Å². The minimum absolute atomic E-state index is 0.227. The monoisotopic (exact) mass is 237 g/mol. The van der Waals surface area contributed by atoms with Gasteiger partial charge in [-0.25, -0.2) is 0 Å². The van der Waals surface area contributed by atoms with Crippen LogP contribution in [0, 0.1) is 0 Å². The number of rotatable bonds is 7. The van der Waals surface area contributed by atoms with Gasteiger partial charge in [-0.15, -0.1) is 0 Å². The third kappa shape index (κ3) is 5.80. The first-order chi connectivity index (χ1) is 8.26. The smallest absolute Gasteiger partial charge is 0.0790 e. The number of hydrogen-bond acceptors (Lipinski definition) is 3. The molecule has 0 radical (unpaired) electrons. The van der Waals surface area contributed by atoms with E-state index < -0.39 is 0 Å². The summed E-state index contributed by atoms with van der Waals surface area (Å²) >= 11 is 0. The van der Waals surface area contributed by atoms with Gasteiger partial charge in [-0.3, -0.25) is 4.99 Å². The van der Waals surface area contributed by atoms with Crippen molar-refractivity contribution in [1.29, 1.82) is 0 Å². The highest BCUT2D eigenvalue weighted by Crippen LogP contribution is 2.11. The van der Waals surface area contributed by atoms with Crippen molar-refractivity contribution in [2.45, 2.75) is 38.9 Å². The lowest BCUT2D eigenvalue weighted by atomic mass is 10.1. The van der Waals surface area contributed by atoms with Gasteiger partial charge in [-0.1, -0.05) is 18.2 Å². The van der Waals surface area contributed by atoms with E-state index in [2.05, 4.69) is 30.1 Å². The number of aliphatic imine (C=N–C) groups is 1. The Hall–Kier alpha value is -0.930. The summed E-state index contributed by atoms with van der Waals surface area (Å²) in [6, 6.07) is 0. The summed E-state index contributed by atoms with van der Waals surface area (Å²) in [7, 11) is 1.73. The molecule has 0 aromatic carbocycles. The molecule has 1 aliphatic carbocycles. The van der Waals surface area contributed by atoms with Gasteiger partial charge in [0.1, 0.15) is 0 Å². The van der Waals surface area contributed by atoms with Gasteiger partial charge in [0.2, 0.25) is 0 Å². The van der Waals surface area contributed by atoms with E-state index in [0.29, 0.717) is 6.10 Å². The van der Waals surface area contributed by atoms with E-state index >= 15 is 0 Å². The molecule has 0 aliphatic heterocycles. The number of hydrogen-bond donors (Lipinski definition) is 0. The normalized spacial score (nSPS) is 21.8. The Balaban J connectivity index is 2.22. The minimum atomic E-state index is 0.227. The van der Waals surface area contributed by atoms with Crippen molar-refractivity contribution in [3.8, 4) is 0 Å². The maximum absolute atomic E-state index is 5.44. The van der Waals surface area contributed by atoms with Crippen molar-refractivity contribution in [1.82, 2.24) is 0 Å². The van der Waals surface area contributed by atoms with Gasteiger partial charge in [0.25, 0.3) is 0 Å². The van der Waals surface area contributed by atoms with E-state index in [4.69, 9.17) is 9.47 Å². The fourth-order valence-electron chi connectivity index (χ4n) is 1.68. The predicted octanol–water partition coefficient (Wildman–Crippen LogP) is 2.77. The molecule has 3 heteroatoms. The highest BCUT2D eigenvalue weighted by Gasteiger charge is 2.05. The Kier molecular flexibility index (Phi) is 6.82. The summed E-state index contributed by atoms with van der Waals surface area (Å²) in [5, 5.41) is 0. The molecular weight excluding hydrogens is 214 g/mol. The van der Waals surface area contributed by atoms with Crippen molar-refractivity contribution in [2.24, 2.45) is 4.99 Å². The second-order valence-electron chi connectivity index (χ2n) is 4.16. The molecule has 96 valence electrons. The number of methoxy groups -OCH3 is 1. The molecule has 0 aromatic heterocycles. The highest BCUT2D eigenvalue weighted by molar-refractivity contribution is 5.82.